The van der Waals surface area contributed by atoms with Crippen molar-refractivity contribution in [2.45, 2.75) is 13.3 Å². The minimum absolute atomic E-state index is 0.512. The lowest BCUT2D eigenvalue weighted by molar-refractivity contribution is 0.388. The number of hydrogen-bond acceptors (Lipinski definition) is 3. The van der Waals surface area contributed by atoms with Crippen LogP contribution < -0.4 is 4.74 Å². The number of aryl methyl sites for hydroxylation is 1. The van der Waals surface area contributed by atoms with Crippen LogP contribution in [0.5, 0.6) is 5.88 Å². The molecular weight excluding hydrogens is 280 g/mol. The Kier molecular flexibility index (Phi) is 3.74. The minimum Gasteiger partial charge on any atom is -0.479 e. The minimum atomic E-state index is 0.512. The highest BCUT2D eigenvalue weighted by Gasteiger charge is 2.05. The second kappa shape index (κ2) is 5.27. The summed E-state index contributed by atoms with van der Waals surface area (Å²) in [5.41, 5.74) is 3.41. The number of aromatic nitrogens is 2. The van der Waals surface area contributed by atoms with Crippen LogP contribution in [-0.2, 0) is 6.42 Å². The molecule has 0 aliphatic carbocycles. The number of ether oxygens (including phenoxy) is 1. The summed E-state index contributed by atoms with van der Waals surface area (Å²) in [5, 5.41) is 8.13. The monoisotopic (exact) mass is 292 g/mol. The average molecular weight is 293 g/mol. The van der Waals surface area contributed by atoms with Crippen molar-refractivity contribution in [2.75, 3.05) is 7.11 Å². The molecular formula is C13H13BrN2O. The first-order valence-corrected chi connectivity index (χ1v) is 6.10. The topological polar surface area (TPSA) is 35.0 Å². The van der Waals surface area contributed by atoms with E-state index in [4.69, 9.17) is 4.74 Å². The standard InChI is InChI=1S/C13H13BrN2O/c1-9-4-3-5-10(6-9)7-11-8-12(14)13(17-2)16-15-11/h3-6,8H,7H2,1-2H3. The van der Waals surface area contributed by atoms with Crippen LogP contribution in [0.1, 0.15) is 16.8 Å². The Balaban J connectivity index is 2.22. The van der Waals surface area contributed by atoms with E-state index in [-0.39, 0.29) is 0 Å². The summed E-state index contributed by atoms with van der Waals surface area (Å²) in [4.78, 5) is 0. The van der Waals surface area contributed by atoms with Gasteiger partial charge < -0.3 is 4.74 Å². The Morgan fingerprint density at radius 1 is 1.24 bits per heavy atom. The van der Waals surface area contributed by atoms with Gasteiger partial charge in [0.1, 0.15) is 0 Å². The van der Waals surface area contributed by atoms with Crippen molar-refractivity contribution < 1.29 is 4.74 Å². The van der Waals surface area contributed by atoms with Gasteiger partial charge in [-0.1, -0.05) is 29.8 Å². The quantitative estimate of drug-likeness (QED) is 0.872. The Labute approximate surface area is 109 Å². The molecule has 0 saturated heterocycles. The molecule has 0 aliphatic heterocycles. The molecule has 2 aromatic rings. The molecule has 0 bridgehead atoms. The van der Waals surface area contributed by atoms with Crippen molar-refractivity contribution in [2.24, 2.45) is 0 Å². The first kappa shape index (κ1) is 12.0. The fourth-order valence-electron chi connectivity index (χ4n) is 1.65. The first-order chi connectivity index (χ1) is 8.19. The van der Waals surface area contributed by atoms with Crippen LogP contribution in [0.3, 0.4) is 0 Å². The molecule has 17 heavy (non-hydrogen) atoms. The largest absolute Gasteiger partial charge is 0.479 e. The van der Waals surface area contributed by atoms with Crippen molar-refractivity contribution >= 4 is 15.9 Å². The summed E-state index contributed by atoms with van der Waals surface area (Å²) in [6, 6.07) is 10.3. The van der Waals surface area contributed by atoms with Crippen molar-refractivity contribution in [3.8, 4) is 5.88 Å². The van der Waals surface area contributed by atoms with E-state index in [1.54, 1.807) is 7.11 Å². The molecule has 0 unspecified atom stereocenters. The molecule has 0 spiro atoms. The molecule has 2 rings (SSSR count). The van der Waals surface area contributed by atoms with Gasteiger partial charge in [0.15, 0.2) is 0 Å². The summed E-state index contributed by atoms with van der Waals surface area (Å²) in [7, 11) is 1.58. The summed E-state index contributed by atoms with van der Waals surface area (Å²) >= 11 is 3.41. The number of nitrogens with zero attached hydrogens (tertiary/aromatic N) is 2. The third-order valence-electron chi connectivity index (χ3n) is 2.43. The number of halogens is 1. The average Bonchev–Trinajstić information content (AvgIpc) is 2.29. The molecule has 0 N–H and O–H groups in total. The van der Waals surface area contributed by atoms with Crippen molar-refractivity contribution in [3.05, 3.63) is 51.6 Å². The fraction of sp³-hybridized carbons (Fsp3) is 0.231. The van der Waals surface area contributed by atoms with Gasteiger partial charge in [-0.3, -0.25) is 0 Å². The van der Waals surface area contributed by atoms with Crippen LogP contribution in [0.2, 0.25) is 0 Å². The van der Waals surface area contributed by atoms with Gasteiger partial charge in [0, 0.05) is 6.42 Å². The van der Waals surface area contributed by atoms with Gasteiger partial charge in [-0.25, -0.2) is 0 Å². The molecule has 0 saturated carbocycles. The molecule has 4 heteroatoms. The molecule has 1 heterocycles. The molecule has 0 atom stereocenters. The zero-order valence-electron chi connectivity index (χ0n) is 9.77. The zero-order chi connectivity index (χ0) is 12.3. The highest BCUT2D eigenvalue weighted by molar-refractivity contribution is 9.10. The first-order valence-electron chi connectivity index (χ1n) is 5.30. The van der Waals surface area contributed by atoms with Gasteiger partial charge in [-0.15, -0.1) is 5.10 Å². The van der Waals surface area contributed by atoms with E-state index in [2.05, 4.69) is 57.3 Å². The van der Waals surface area contributed by atoms with Crippen molar-refractivity contribution in [1.82, 2.24) is 10.2 Å². The van der Waals surface area contributed by atoms with Crippen LogP contribution in [0, 0.1) is 6.92 Å². The van der Waals surface area contributed by atoms with Gasteiger partial charge in [-0.05, 0) is 34.5 Å². The van der Waals surface area contributed by atoms with Crippen LogP contribution in [0.4, 0.5) is 0 Å². The van der Waals surface area contributed by atoms with E-state index >= 15 is 0 Å². The van der Waals surface area contributed by atoms with Gasteiger partial charge in [0.05, 0.1) is 17.3 Å². The van der Waals surface area contributed by atoms with Crippen LogP contribution in [0.25, 0.3) is 0 Å². The second-order valence-corrected chi connectivity index (χ2v) is 4.71. The highest BCUT2D eigenvalue weighted by atomic mass is 79.9. The summed E-state index contributed by atoms with van der Waals surface area (Å²) in [6.07, 6.45) is 0.775. The second-order valence-electron chi connectivity index (χ2n) is 3.86. The van der Waals surface area contributed by atoms with Crippen molar-refractivity contribution in [3.63, 3.8) is 0 Å². The molecule has 1 aromatic heterocycles. The van der Waals surface area contributed by atoms with Crippen LogP contribution >= 0.6 is 15.9 Å². The van der Waals surface area contributed by atoms with Crippen molar-refractivity contribution in [1.29, 1.82) is 0 Å². The maximum atomic E-state index is 5.05. The smallest absolute Gasteiger partial charge is 0.247 e. The van der Waals surface area contributed by atoms with Gasteiger partial charge in [0.25, 0.3) is 0 Å². The Bertz CT molecular complexity index is 529. The maximum absolute atomic E-state index is 5.05. The Morgan fingerprint density at radius 2 is 2.06 bits per heavy atom. The SMILES string of the molecule is COc1nnc(Cc2cccc(C)c2)cc1Br. The third kappa shape index (κ3) is 3.03. The molecule has 0 aliphatic rings. The Morgan fingerprint density at radius 3 is 2.71 bits per heavy atom. The molecule has 0 fully saturated rings. The van der Waals surface area contributed by atoms with E-state index in [9.17, 15) is 0 Å². The lowest BCUT2D eigenvalue weighted by Crippen LogP contribution is -1.98. The van der Waals surface area contributed by atoms with E-state index in [1.165, 1.54) is 11.1 Å². The number of benzene rings is 1. The molecule has 3 nitrogen and oxygen atoms in total. The van der Waals surface area contributed by atoms with E-state index in [1.807, 2.05) is 6.07 Å². The zero-order valence-corrected chi connectivity index (χ0v) is 11.4. The highest BCUT2D eigenvalue weighted by Crippen LogP contribution is 2.22. The Hall–Kier alpha value is -1.42. The van der Waals surface area contributed by atoms with Crippen LogP contribution in [-0.4, -0.2) is 17.3 Å². The van der Waals surface area contributed by atoms with Crippen LogP contribution in [0.15, 0.2) is 34.8 Å². The molecule has 0 amide bonds. The van der Waals surface area contributed by atoms with E-state index < -0.39 is 0 Å². The molecule has 88 valence electrons. The number of hydrogen-bond donors (Lipinski definition) is 0. The number of rotatable bonds is 3. The predicted octanol–water partition coefficient (Wildman–Crippen LogP) is 3.15. The van der Waals surface area contributed by atoms with Gasteiger partial charge >= 0.3 is 0 Å². The maximum Gasteiger partial charge on any atom is 0.247 e. The van der Waals surface area contributed by atoms with Gasteiger partial charge in [-0.2, -0.15) is 5.10 Å². The number of methoxy groups -OCH3 is 1. The van der Waals surface area contributed by atoms with E-state index in [0.29, 0.717) is 5.88 Å². The normalized spacial score (nSPS) is 10.3. The lowest BCUT2D eigenvalue weighted by atomic mass is 10.1. The third-order valence-corrected chi connectivity index (χ3v) is 3.00. The molecule has 1 aromatic carbocycles. The lowest BCUT2D eigenvalue weighted by Gasteiger charge is -2.04. The van der Waals surface area contributed by atoms with Gasteiger partial charge in [0.2, 0.25) is 5.88 Å². The summed E-state index contributed by atoms with van der Waals surface area (Å²) < 4.78 is 5.88. The summed E-state index contributed by atoms with van der Waals surface area (Å²) in [6.45, 7) is 2.08. The summed E-state index contributed by atoms with van der Waals surface area (Å²) in [5.74, 6) is 0.512. The fourth-order valence-corrected chi connectivity index (χ4v) is 2.16. The van der Waals surface area contributed by atoms with E-state index in [0.717, 1.165) is 16.6 Å². The predicted molar refractivity (Wildman–Crippen MR) is 70.3 cm³/mol. The molecule has 0 radical (unpaired) electrons.